The molecular formula is C15H30N2O. The van der Waals surface area contributed by atoms with Gasteiger partial charge in [-0.1, -0.05) is 26.2 Å². The SMILES string of the molecule is CN(CCCNCC1(C)COC1)C1CCCCC1. The van der Waals surface area contributed by atoms with E-state index in [0.29, 0.717) is 5.41 Å². The summed E-state index contributed by atoms with van der Waals surface area (Å²) in [6, 6.07) is 0.858. The molecule has 1 aliphatic carbocycles. The highest BCUT2D eigenvalue weighted by Gasteiger charge is 2.32. The Kier molecular flexibility index (Phi) is 5.46. The minimum absolute atomic E-state index is 0.412. The third kappa shape index (κ3) is 4.22. The van der Waals surface area contributed by atoms with Gasteiger partial charge in [-0.25, -0.2) is 0 Å². The van der Waals surface area contributed by atoms with E-state index in [4.69, 9.17) is 4.74 Å². The standard InChI is InChI=1S/C15H30N2O/c1-15(12-18-13-15)11-16-9-6-10-17(2)14-7-4-3-5-8-14/h14,16H,3-13H2,1-2H3. The molecular weight excluding hydrogens is 224 g/mol. The van der Waals surface area contributed by atoms with Crippen molar-refractivity contribution in [1.29, 1.82) is 0 Å². The predicted octanol–water partition coefficient (Wildman–Crippen LogP) is 2.27. The summed E-state index contributed by atoms with van der Waals surface area (Å²) in [5.74, 6) is 0. The number of hydrogen-bond donors (Lipinski definition) is 1. The second-order valence-electron chi connectivity index (χ2n) is 6.61. The quantitative estimate of drug-likeness (QED) is 0.705. The Morgan fingerprint density at radius 1 is 1.22 bits per heavy atom. The lowest BCUT2D eigenvalue weighted by atomic mass is 9.89. The lowest BCUT2D eigenvalue weighted by Crippen LogP contribution is -2.47. The summed E-state index contributed by atoms with van der Waals surface area (Å²) in [7, 11) is 2.30. The molecule has 0 unspecified atom stereocenters. The van der Waals surface area contributed by atoms with Crippen LogP contribution >= 0.6 is 0 Å². The monoisotopic (exact) mass is 254 g/mol. The molecule has 2 rings (SSSR count). The van der Waals surface area contributed by atoms with E-state index in [-0.39, 0.29) is 0 Å². The average molecular weight is 254 g/mol. The Bertz CT molecular complexity index is 235. The van der Waals surface area contributed by atoms with Gasteiger partial charge in [0.05, 0.1) is 13.2 Å². The van der Waals surface area contributed by atoms with E-state index >= 15 is 0 Å². The fourth-order valence-corrected chi connectivity index (χ4v) is 3.10. The smallest absolute Gasteiger partial charge is 0.0554 e. The van der Waals surface area contributed by atoms with Gasteiger partial charge >= 0.3 is 0 Å². The first kappa shape index (κ1) is 14.3. The van der Waals surface area contributed by atoms with Gasteiger partial charge in [0.15, 0.2) is 0 Å². The maximum absolute atomic E-state index is 5.26. The zero-order chi connectivity index (χ0) is 12.8. The maximum Gasteiger partial charge on any atom is 0.0554 e. The molecule has 106 valence electrons. The Morgan fingerprint density at radius 3 is 2.56 bits per heavy atom. The van der Waals surface area contributed by atoms with Gasteiger partial charge in [-0.15, -0.1) is 0 Å². The van der Waals surface area contributed by atoms with Crippen molar-refractivity contribution in [2.75, 3.05) is 39.9 Å². The number of hydrogen-bond acceptors (Lipinski definition) is 3. The molecule has 1 saturated carbocycles. The van der Waals surface area contributed by atoms with Crippen LogP contribution in [0.15, 0.2) is 0 Å². The number of ether oxygens (including phenoxy) is 1. The molecule has 2 aliphatic rings. The first-order chi connectivity index (χ1) is 8.70. The van der Waals surface area contributed by atoms with E-state index in [9.17, 15) is 0 Å². The summed E-state index contributed by atoms with van der Waals surface area (Å²) < 4.78 is 5.26. The Hall–Kier alpha value is -0.120. The summed E-state index contributed by atoms with van der Waals surface area (Å²) in [4.78, 5) is 2.58. The van der Waals surface area contributed by atoms with Crippen LogP contribution in [0, 0.1) is 5.41 Å². The molecule has 1 saturated heterocycles. The van der Waals surface area contributed by atoms with Crippen LogP contribution in [0.25, 0.3) is 0 Å². The molecule has 1 heterocycles. The van der Waals surface area contributed by atoms with Crippen LogP contribution in [0.4, 0.5) is 0 Å². The van der Waals surface area contributed by atoms with Crippen LogP contribution in [-0.4, -0.2) is 50.8 Å². The molecule has 0 spiro atoms. The van der Waals surface area contributed by atoms with Gasteiger partial charge < -0.3 is 15.0 Å². The lowest BCUT2D eigenvalue weighted by molar-refractivity contribution is -0.0989. The molecule has 3 heteroatoms. The van der Waals surface area contributed by atoms with Crippen molar-refractivity contribution < 1.29 is 4.74 Å². The second kappa shape index (κ2) is 6.88. The van der Waals surface area contributed by atoms with Crippen molar-refractivity contribution in [3.8, 4) is 0 Å². The van der Waals surface area contributed by atoms with Crippen molar-refractivity contribution in [1.82, 2.24) is 10.2 Å². The fourth-order valence-electron chi connectivity index (χ4n) is 3.10. The second-order valence-corrected chi connectivity index (χ2v) is 6.61. The van der Waals surface area contributed by atoms with Crippen LogP contribution in [-0.2, 0) is 4.74 Å². The molecule has 0 aromatic carbocycles. The van der Waals surface area contributed by atoms with Gasteiger partial charge in [-0.3, -0.25) is 0 Å². The van der Waals surface area contributed by atoms with E-state index in [1.807, 2.05) is 0 Å². The van der Waals surface area contributed by atoms with Crippen molar-refractivity contribution in [3.63, 3.8) is 0 Å². The number of rotatable bonds is 7. The van der Waals surface area contributed by atoms with Gasteiger partial charge in [0.1, 0.15) is 0 Å². The summed E-state index contributed by atoms with van der Waals surface area (Å²) >= 11 is 0. The van der Waals surface area contributed by atoms with E-state index in [1.165, 1.54) is 45.1 Å². The van der Waals surface area contributed by atoms with Crippen LogP contribution in [0.5, 0.6) is 0 Å². The molecule has 0 amide bonds. The van der Waals surface area contributed by atoms with Crippen molar-refractivity contribution >= 4 is 0 Å². The molecule has 3 nitrogen and oxygen atoms in total. The highest BCUT2D eigenvalue weighted by molar-refractivity contribution is 4.82. The van der Waals surface area contributed by atoms with Crippen LogP contribution in [0.3, 0.4) is 0 Å². The summed E-state index contributed by atoms with van der Waals surface area (Å²) in [6.45, 7) is 7.67. The first-order valence-electron chi connectivity index (χ1n) is 7.68. The average Bonchev–Trinajstić information content (AvgIpc) is 2.37. The fraction of sp³-hybridized carbons (Fsp3) is 1.00. The molecule has 0 radical (unpaired) electrons. The highest BCUT2D eigenvalue weighted by Crippen LogP contribution is 2.25. The molecule has 1 N–H and O–H groups in total. The van der Waals surface area contributed by atoms with Crippen LogP contribution in [0.1, 0.15) is 45.4 Å². The highest BCUT2D eigenvalue weighted by atomic mass is 16.5. The molecule has 0 bridgehead atoms. The predicted molar refractivity (Wildman–Crippen MR) is 75.9 cm³/mol. The van der Waals surface area contributed by atoms with Gasteiger partial charge in [0.2, 0.25) is 0 Å². The minimum Gasteiger partial charge on any atom is -0.380 e. The largest absolute Gasteiger partial charge is 0.380 e. The van der Waals surface area contributed by atoms with Gasteiger partial charge in [0.25, 0.3) is 0 Å². The summed E-state index contributed by atoms with van der Waals surface area (Å²) in [5, 5.41) is 3.58. The molecule has 0 aromatic rings. The minimum atomic E-state index is 0.412. The molecule has 0 atom stereocenters. The number of nitrogens with one attached hydrogen (secondary N) is 1. The zero-order valence-corrected chi connectivity index (χ0v) is 12.2. The van der Waals surface area contributed by atoms with Crippen LogP contribution in [0.2, 0.25) is 0 Å². The first-order valence-corrected chi connectivity index (χ1v) is 7.68. The van der Waals surface area contributed by atoms with E-state index in [2.05, 4.69) is 24.2 Å². The zero-order valence-electron chi connectivity index (χ0n) is 12.2. The summed E-state index contributed by atoms with van der Waals surface area (Å²) in [6.07, 6.45) is 8.42. The Balaban J connectivity index is 1.49. The third-order valence-electron chi connectivity index (χ3n) is 4.52. The number of nitrogens with zero attached hydrogens (tertiary/aromatic N) is 1. The van der Waals surface area contributed by atoms with Crippen LogP contribution < -0.4 is 5.32 Å². The third-order valence-corrected chi connectivity index (χ3v) is 4.52. The topological polar surface area (TPSA) is 24.5 Å². The molecule has 1 aliphatic heterocycles. The normalized spacial score (nSPS) is 24.2. The van der Waals surface area contributed by atoms with Crippen molar-refractivity contribution in [3.05, 3.63) is 0 Å². The summed E-state index contributed by atoms with van der Waals surface area (Å²) in [5.41, 5.74) is 0.412. The van der Waals surface area contributed by atoms with E-state index in [0.717, 1.165) is 32.3 Å². The Labute approximate surface area is 112 Å². The van der Waals surface area contributed by atoms with Crippen molar-refractivity contribution in [2.45, 2.75) is 51.5 Å². The maximum atomic E-state index is 5.26. The lowest BCUT2D eigenvalue weighted by Gasteiger charge is -2.38. The van der Waals surface area contributed by atoms with E-state index in [1.54, 1.807) is 0 Å². The Morgan fingerprint density at radius 2 is 1.94 bits per heavy atom. The molecule has 2 fully saturated rings. The van der Waals surface area contributed by atoms with Crippen molar-refractivity contribution in [2.24, 2.45) is 5.41 Å². The van der Waals surface area contributed by atoms with Gasteiger partial charge in [-0.05, 0) is 39.4 Å². The van der Waals surface area contributed by atoms with Gasteiger partial charge in [0, 0.05) is 18.0 Å². The molecule has 18 heavy (non-hydrogen) atoms. The van der Waals surface area contributed by atoms with Gasteiger partial charge in [-0.2, -0.15) is 0 Å². The molecule has 0 aromatic heterocycles. The van der Waals surface area contributed by atoms with E-state index < -0.39 is 0 Å².